The molecule has 0 bridgehead atoms. The molecular weight excluding hydrogens is 320 g/mol. The van der Waals surface area contributed by atoms with Crippen molar-refractivity contribution in [3.8, 4) is 5.75 Å². The summed E-state index contributed by atoms with van der Waals surface area (Å²) in [6.07, 6.45) is 1.24. The number of fused-ring (bicyclic) bond motifs is 1. The third kappa shape index (κ3) is 3.24. The molecule has 1 amide bonds. The number of amides is 1. The monoisotopic (exact) mass is 342 g/mol. The van der Waals surface area contributed by atoms with E-state index in [0.29, 0.717) is 32.1 Å². The molecule has 2 aliphatic rings. The average Bonchev–Trinajstić information content (AvgIpc) is 3.16. The largest absolute Gasteiger partial charge is 0.492 e. The molecule has 2 aliphatic heterocycles. The van der Waals surface area contributed by atoms with Crippen LogP contribution in [-0.4, -0.2) is 52.3 Å². The number of carbonyl (C=O) groups is 1. The molecule has 2 atom stereocenters. The topological polar surface area (TPSA) is 80.3 Å². The normalized spacial score (nSPS) is 23.0. The first-order valence-corrected chi connectivity index (χ1v) is 8.77. The number of aromatic nitrogens is 3. The number of rotatable bonds is 3. The highest BCUT2D eigenvalue weighted by molar-refractivity contribution is 5.80. The smallest absolute Gasteiger partial charge is 0.229 e. The molecule has 0 unspecified atom stereocenters. The number of benzene rings is 1. The van der Waals surface area contributed by atoms with Crippen LogP contribution >= 0.6 is 0 Å². The van der Waals surface area contributed by atoms with E-state index in [1.165, 1.54) is 0 Å². The van der Waals surface area contributed by atoms with E-state index >= 15 is 0 Å². The molecular formula is C18H22N4O3. The minimum atomic E-state index is -0.272. The Balaban J connectivity index is 1.43. The first kappa shape index (κ1) is 16.1. The van der Waals surface area contributed by atoms with Gasteiger partial charge < -0.3 is 14.4 Å². The summed E-state index contributed by atoms with van der Waals surface area (Å²) in [6.45, 7) is 4.02. The van der Waals surface area contributed by atoms with Crippen molar-refractivity contribution in [3.63, 3.8) is 0 Å². The Morgan fingerprint density at radius 3 is 3.12 bits per heavy atom. The Hall–Kier alpha value is -2.41. The first-order chi connectivity index (χ1) is 12.2. The van der Waals surface area contributed by atoms with Crippen molar-refractivity contribution in [2.75, 3.05) is 26.3 Å². The minimum absolute atomic E-state index is 0.119. The number of H-pyrrole nitrogens is 1. The second-order valence-corrected chi connectivity index (χ2v) is 6.46. The van der Waals surface area contributed by atoms with E-state index < -0.39 is 0 Å². The van der Waals surface area contributed by atoms with E-state index in [4.69, 9.17) is 9.47 Å². The second-order valence-electron chi connectivity index (χ2n) is 6.46. The predicted octanol–water partition coefficient (Wildman–Crippen LogP) is 1.52. The van der Waals surface area contributed by atoms with Crippen LogP contribution in [-0.2, 0) is 22.4 Å². The first-order valence-electron chi connectivity index (χ1n) is 8.77. The fraction of sp³-hybridized carbons (Fsp3) is 0.500. The number of hydrogen-bond donors (Lipinski definition) is 1. The number of ether oxygens (including phenoxy) is 2. The van der Waals surface area contributed by atoms with Crippen molar-refractivity contribution in [3.05, 3.63) is 41.5 Å². The lowest BCUT2D eigenvalue weighted by atomic mass is 9.95. The summed E-state index contributed by atoms with van der Waals surface area (Å²) in [5.74, 6) is 2.32. The molecule has 1 aromatic heterocycles. The summed E-state index contributed by atoms with van der Waals surface area (Å²) in [5, 5.41) is 7.13. The molecule has 0 radical (unpaired) electrons. The molecule has 2 aromatic rings. The number of aryl methyl sites for hydroxylation is 1. The molecule has 7 nitrogen and oxygen atoms in total. The van der Waals surface area contributed by atoms with Gasteiger partial charge in [-0.3, -0.25) is 9.89 Å². The molecule has 0 aliphatic carbocycles. The summed E-state index contributed by atoms with van der Waals surface area (Å²) in [5.41, 5.74) is 1.10. The molecule has 1 saturated heterocycles. The third-order valence-electron chi connectivity index (χ3n) is 4.78. The van der Waals surface area contributed by atoms with E-state index in [0.717, 1.165) is 30.0 Å². The third-order valence-corrected chi connectivity index (χ3v) is 4.78. The van der Waals surface area contributed by atoms with Gasteiger partial charge in [0.15, 0.2) is 5.82 Å². The lowest BCUT2D eigenvalue weighted by molar-refractivity contribution is -0.145. The number of carbonyl (C=O) groups excluding carboxylic acids is 1. The quantitative estimate of drug-likeness (QED) is 0.915. The predicted molar refractivity (Wildman–Crippen MR) is 90.2 cm³/mol. The van der Waals surface area contributed by atoms with E-state index in [-0.39, 0.29) is 17.9 Å². The van der Waals surface area contributed by atoms with Crippen LogP contribution in [0.2, 0.25) is 0 Å². The van der Waals surface area contributed by atoms with Crippen molar-refractivity contribution in [2.45, 2.75) is 25.9 Å². The summed E-state index contributed by atoms with van der Waals surface area (Å²) >= 11 is 0. The van der Waals surface area contributed by atoms with Gasteiger partial charge in [-0.25, -0.2) is 4.98 Å². The van der Waals surface area contributed by atoms with Crippen LogP contribution in [0.1, 0.15) is 30.2 Å². The Morgan fingerprint density at radius 1 is 1.40 bits per heavy atom. The maximum atomic E-state index is 12.9. The van der Waals surface area contributed by atoms with Crippen LogP contribution in [0.25, 0.3) is 0 Å². The zero-order valence-corrected chi connectivity index (χ0v) is 14.3. The van der Waals surface area contributed by atoms with Gasteiger partial charge in [-0.1, -0.05) is 25.1 Å². The molecule has 1 fully saturated rings. The molecule has 4 rings (SSSR count). The summed E-state index contributed by atoms with van der Waals surface area (Å²) in [6, 6.07) is 7.91. The fourth-order valence-electron chi connectivity index (χ4n) is 3.36. The molecule has 132 valence electrons. The lowest BCUT2D eigenvalue weighted by Gasteiger charge is -2.35. The molecule has 3 heterocycles. The van der Waals surface area contributed by atoms with Crippen molar-refractivity contribution in [1.29, 1.82) is 0 Å². The van der Waals surface area contributed by atoms with Crippen LogP contribution in [0, 0.1) is 5.92 Å². The zero-order chi connectivity index (χ0) is 17.2. The molecule has 0 spiro atoms. The van der Waals surface area contributed by atoms with Crippen molar-refractivity contribution in [1.82, 2.24) is 20.1 Å². The van der Waals surface area contributed by atoms with Crippen molar-refractivity contribution >= 4 is 5.91 Å². The van der Waals surface area contributed by atoms with Gasteiger partial charge in [0.2, 0.25) is 5.91 Å². The highest BCUT2D eigenvalue weighted by atomic mass is 16.5. The molecule has 0 saturated carbocycles. The van der Waals surface area contributed by atoms with E-state index in [9.17, 15) is 4.79 Å². The number of nitrogens with one attached hydrogen (secondary N) is 1. The minimum Gasteiger partial charge on any atom is -0.492 e. The van der Waals surface area contributed by atoms with Gasteiger partial charge in [-0.15, -0.1) is 0 Å². The molecule has 1 N–H and O–H groups in total. The summed E-state index contributed by atoms with van der Waals surface area (Å²) < 4.78 is 11.5. The van der Waals surface area contributed by atoms with E-state index in [1.807, 2.05) is 36.1 Å². The van der Waals surface area contributed by atoms with Gasteiger partial charge in [-0.05, 0) is 18.1 Å². The SMILES string of the molecule is CCc1nc([C@@H]2CN(C(=O)[C@@H]3COc4ccccc4C3)CCO2)n[nH]1. The number of morpholine rings is 1. The lowest BCUT2D eigenvalue weighted by Crippen LogP contribution is -2.47. The van der Waals surface area contributed by atoms with Crippen molar-refractivity contribution in [2.24, 2.45) is 5.92 Å². The van der Waals surface area contributed by atoms with E-state index in [1.54, 1.807) is 0 Å². The van der Waals surface area contributed by atoms with Crippen LogP contribution in [0.4, 0.5) is 0 Å². The average molecular weight is 342 g/mol. The van der Waals surface area contributed by atoms with Crippen LogP contribution in [0.3, 0.4) is 0 Å². The van der Waals surface area contributed by atoms with Crippen LogP contribution in [0.15, 0.2) is 24.3 Å². The number of hydrogen-bond acceptors (Lipinski definition) is 5. The highest BCUT2D eigenvalue weighted by Crippen LogP contribution is 2.29. The van der Waals surface area contributed by atoms with E-state index in [2.05, 4.69) is 15.2 Å². The zero-order valence-electron chi connectivity index (χ0n) is 14.3. The van der Waals surface area contributed by atoms with Gasteiger partial charge in [0.1, 0.15) is 24.3 Å². The van der Waals surface area contributed by atoms with Gasteiger partial charge in [0.05, 0.1) is 19.1 Å². The standard InChI is InChI=1S/C18H22N4O3/c1-2-16-19-17(21-20-16)15-10-22(7-8-24-15)18(23)13-9-12-5-3-4-6-14(12)25-11-13/h3-6,13,15H,2,7-11H2,1H3,(H,19,20,21)/t13-,15-/m0/s1. The summed E-state index contributed by atoms with van der Waals surface area (Å²) in [7, 11) is 0. The Bertz CT molecular complexity index is 760. The maximum Gasteiger partial charge on any atom is 0.229 e. The fourth-order valence-corrected chi connectivity index (χ4v) is 3.36. The second kappa shape index (κ2) is 6.84. The Kier molecular flexibility index (Phi) is 4.40. The molecule has 1 aromatic carbocycles. The Morgan fingerprint density at radius 2 is 2.28 bits per heavy atom. The van der Waals surface area contributed by atoms with Gasteiger partial charge in [0, 0.05) is 13.0 Å². The van der Waals surface area contributed by atoms with Crippen molar-refractivity contribution < 1.29 is 14.3 Å². The summed E-state index contributed by atoms with van der Waals surface area (Å²) in [4.78, 5) is 19.2. The van der Waals surface area contributed by atoms with Crippen LogP contribution in [0.5, 0.6) is 5.75 Å². The number of para-hydroxylation sites is 1. The van der Waals surface area contributed by atoms with Gasteiger partial charge in [0.25, 0.3) is 0 Å². The molecule has 7 heteroatoms. The maximum absolute atomic E-state index is 12.9. The Labute approximate surface area is 146 Å². The number of aromatic amines is 1. The number of nitrogens with zero attached hydrogens (tertiary/aromatic N) is 3. The highest BCUT2D eigenvalue weighted by Gasteiger charge is 2.34. The van der Waals surface area contributed by atoms with Gasteiger partial charge in [-0.2, -0.15) is 5.10 Å². The molecule has 25 heavy (non-hydrogen) atoms. The van der Waals surface area contributed by atoms with Crippen LogP contribution < -0.4 is 4.74 Å². The van der Waals surface area contributed by atoms with Gasteiger partial charge >= 0.3 is 0 Å².